The number of fused-ring (bicyclic) bond motifs is 1. The Balaban J connectivity index is 1.36. The summed E-state index contributed by atoms with van der Waals surface area (Å²) in [4.78, 5) is 10.1. The molecule has 0 radical (unpaired) electrons. The molecule has 5 heteroatoms. The van der Waals surface area contributed by atoms with Gasteiger partial charge < -0.3 is 4.90 Å². The first-order valence-electron chi connectivity index (χ1n) is 10.2. The van der Waals surface area contributed by atoms with E-state index in [-0.39, 0.29) is 0 Å². The Bertz CT molecular complexity index is 1010. The van der Waals surface area contributed by atoms with Crippen LogP contribution in [0.15, 0.2) is 42.5 Å². The lowest BCUT2D eigenvalue weighted by atomic mass is 10.0. The lowest BCUT2D eigenvalue weighted by molar-refractivity contribution is 0.175. The normalized spacial score (nSPS) is 20.5. The minimum Gasteiger partial charge on any atom is -0.346 e. The molecule has 2 saturated heterocycles. The lowest BCUT2D eigenvalue weighted by Crippen LogP contribution is -2.40. The number of benzene rings is 2. The summed E-state index contributed by atoms with van der Waals surface area (Å²) in [7, 11) is 0. The number of nitrogens with zero attached hydrogens (tertiary/aromatic N) is 4. The molecule has 0 amide bonds. The van der Waals surface area contributed by atoms with Gasteiger partial charge in [0.15, 0.2) is 5.13 Å². The number of aromatic nitrogens is 1. The van der Waals surface area contributed by atoms with Crippen LogP contribution in [-0.2, 0) is 0 Å². The smallest absolute Gasteiger partial charge is 0.186 e. The van der Waals surface area contributed by atoms with Gasteiger partial charge in [0.2, 0.25) is 0 Å². The molecule has 28 heavy (non-hydrogen) atoms. The average Bonchev–Trinajstić information content (AvgIpc) is 3.41. The van der Waals surface area contributed by atoms with Crippen molar-refractivity contribution in [3.8, 4) is 17.2 Å². The third-order valence-electron chi connectivity index (χ3n) is 6.07. The van der Waals surface area contributed by atoms with Gasteiger partial charge in [-0.3, -0.25) is 4.90 Å². The van der Waals surface area contributed by atoms with Crippen LogP contribution < -0.4 is 4.90 Å². The molecule has 1 unspecified atom stereocenters. The molecule has 1 aromatic heterocycles. The number of rotatable bonds is 3. The van der Waals surface area contributed by atoms with Crippen LogP contribution in [0.1, 0.15) is 31.2 Å². The topological polar surface area (TPSA) is 43.2 Å². The van der Waals surface area contributed by atoms with Crippen molar-refractivity contribution in [1.82, 2.24) is 9.88 Å². The highest BCUT2D eigenvalue weighted by Crippen LogP contribution is 2.34. The Morgan fingerprint density at radius 2 is 1.75 bits per heavy atom. The summed E-state index contributed by atoms with van der Waals surface area (Å²) in [6.45, 7) is 4.77. The maximum absolute atomic E-state index is 8.98. The number of hydrogen-bond acceptors (Lipinski definition) is 5. The Morgan fingerprint density at radius 1 is 0.964 bits per heavy atom. The Labute approximate surface area is 170 Å². The van der Waals surface area contributed by atoms with Crippen molar-refractivity contribution in [3.63, 3.8) is 0 Å². The van der Waals surface area contributed by atoms with Crippen molar-refractivity contribution in [3.05, 3.63) is 48.0 Å². The van der Waals surface area contributed by atoms with Crippen molar-refractivity contribution < 1.29 is 0 Å². The van der Waals surface area contributed by atoms with Crippen molar-refractivity contribution in [2.24, 2.45) is 0 Å². The maximum Gasteiger partial charge on any atom is 0.186 e. The fourth-order valence-electron chi connectivity index (χ4n) is 4.46. The minimum absolute atomic E-state index is 0.696. The van der Waals surface area contributed by atoms with E-state index in [1.807, 2.05) is 24.3 Å². The fourth-order valence-corrected chi connectivity index (χ4v) is 5.50. The van der Waals surface area contributed by atoms with Crippen molar-refractivity contribution in [2.75, 3.05) is 31.1 Å². The predicted molar refractivity (Wildman–Crippen MR) is 116 cm³/mol. The second-order valence-corrected chi connectivity index (χ2v) is 8.86. The third kappa shape index (κ3) is 3.39. The van der Waals surface area contributed by atoms with Crippen molar-refractivity contribution >= 4 is 26.7 Å². The Kier molecular flexibility index (Phi) is 4.76. The second-order valence-electron chi connectivity index (χ2n) is 7.85. The van der Waals surface area contributed by atoms with Crippen molar-refractivity contribution in [1.29, 1.82) is 5.26 Å². The number of nitriles is 1. The standard InChI is InChI=1S/C23H24N4S/c24-15-17-4-6-18(7-5-17)19-8-9-21-22(14-19)28-23(25-21)27-13-10-20(16-27)26-11-2-1-3-12-26/h4-9,14,20H,1-3,10-13,16H2. The van der Waals surface area contributed by atoms with Gasteiger partial charge in [-0.1, -0.05) is 36.0 Å². The largest absolute Gasteiger partial charge is 0.346 e. The van der Waals surface area contributed by atoms with Gasteiger partial charge in [0, 0.05) is 19.1 Å². The van der Waals surface area contributed by atoms with Gasteiger partial charge in [0.05, 0.1) is 21.8 Å². The fraction of sp³-hybridized carbons (Fsp3) is 0.391. The molecular weight excluding hydrogens is 364 g/mol. The Morgan fingerprint density at radius 3 is 2.54 bits per heavy atom. The first-order chi connectivity index (χ1) is 13.8. The molecule has 2 aromatic carbocycles. The molecule has 1 atom stereocenters. The first kappa shape index (κ1) is 17.7. The molecule has 2 fully saturated rings. The molecule has 3 aromatic rings. The van der Waals surface area contributed by atoms with Gasteiger partial charge in [-0.15, -0.1) is 0 Å². The molecule has 0 saturated carbocycles. The van der Waals surface area contributed by atoms with E-state index in [1.165, 1.54) is 49.0 Å². The molecule has 142 valence electrons. The summed E-state index contributed by atoms with van der Waals surface area (Å²) in [5, 5.41) is 10.1. The van der Waals surface area contributed by atoms with E-state index in [1.54, 1.807) is 11.3 Å². The van der Waals surface area contributed by atoms with Crippen LogP contribution in [0, 0.1) is 11.3 Å². The van der Waals surface area contributed by atoms with Crippen LogP contribution in [0.2, 0.25) is 0 Å². The molecule has 4 nitrogen and oxygen atoms in total. The van der Waals surface area contributed by atoms with Gasteiger partial charge in [0.1, 0.15) is 0 Å². The van der Waals surface area contributed by atoms with Gasteiger partial charge in [-0.25, -0.2) is 4.98 Å². The summed E-state index contributed by atoms with van der Waals surface area (Å²) < 4.78 is 1.23. The molecule has 5 rings (SSSR count). The zero-order chi connectivity index (χ0) is 18.9. The van der Waals surface area contributed by atoms with E-state index >= 15 is 0 Å². The van der Waals surface area contributed by atoms with Crippen LogP contribution in [0.3, 0.4) is 0 Å². The highest BCUT2D eigenvalue weighted by molar-refractivity contribution is 7.22. The molecule has 2 aliphatic heterocycles. The zero-order valence-electron chi connectivity index (χ0n) is 16.0. The van der Waals surface area contributed by atoms with Crippen LogP contribution in [0.25, 0.3) is 21.3 Å². The average molecular weight is 389 g/mol. The number of piperidine rings is 1. The quantitative estimate of drug-likeness (QED) is 0.640. The van der Waals surface area contributed by atoms with E-state index < -0.39 is 0 Å². The number of anilines is 1. The van der Waals surface area contributed by atoms with Crippen LogP contribution in [0.5, 0.6) is 0 Å². The Hall–Kier alpha value is -2.42. The monoisotopic (exact) mass is 388 g/mol. The molecular formula is C23H24N4S. The van der Waals surface area contributed by atoms with E-state index in [9.17, 15) is 0 Å². The van der Waals surface area contributed by atoms with Crippen molar-refractivity contribution in [2.45, 2.75) is 31.7 Å². The predicted octanol–water partition coefficient (Wildman–Crippen LogP) is 4.90. The molecule has 0 N–H and O–H groups in total. The summed E-state index contributed by atoms with van der Waals surface area (Å²) in [6, 6.07) is 17.2. The summed E-state index contributed by atoms with van der Waals surface area (Å²) in [6.07, 6.45) is 5.37. The number of thiazole rings is 1. The van der Waals surface area contributed by atoms with E-state index in [0.29, 0.717) is 11.6 Å². The lowest BCUT2D eigenvalue weighted by Gasteiger charge is -2.32. The summed E-state index contributed by atoms with van der Waals surface area (Å²) >= 11 is 1.80. The highest BCUT2D eigenvalue weighted by atomic mass is 32.1. The molecule has 0 spiro atoms. The molecule has 2 aliphatic rings. The summed E-state index contributed by atoms with van der Waals surface area (Å²) in [5.74, 6) is 0. The molecule has 3 heterocycles. The molecule has 0 aliphatic carbocycles. The summed E-state index contributed by atoms with van der Waals surface area (Å²) in [5.41, 5.74) is 4.10. The second kappa shape index (κ2) is 7.54. The zero-order valence-corrected chi connectivity index (χ0v) is 16.8. The highest BCUT2D eigenvalue weighted by Gasteiger charge is 2.29. The SMILES string of the molecule is N#Cc1ccc(-c2ccc3nc(N4CCC(N5CCCCC5)C4)sc3c2)cc1. The minimum atomic E-state index is 0.696. The first-order valence-corrected chi connectivity index (χ1v) is 11.0. The van der Waals surface area contributed by atoms with Crippen LogP contribution in [-0.4, -0.2) is 42.1 Å². The van der Waals surface area contributed by atoms with Crippen LogP contribution in [0.4, 0.5) is 5.13 Å². The maximum atomic E-state index is 8.98. The van der Waals surface area contributed by atoms with Gasteiger partial charge in [0.25, 0.3) is 0 Å². The number of likely N-dealkylation sites (tertiary alicyclic amines) is 1. The van der Waals surface area contributed by atoms with Gasteiger partial charge >= 0.3 is 0 Å². The van der Waals surface area contributed by atoms with E-state index in [0.717, 1.165) is 29.3 Å². The van der Waals surface area contributed by atoms with Gasteiger partial charge in [-0.05, 0) is 67.7 Å². The number of hydrogen-bond donors (Lipinski definition) is 0. The van der Waals surface area contributed by atoms with E-state index in [4.69, 9.17) is 10.2 Å². The molecule has 0 bridgehead atoms. The van der Waals surface area contributed by atoms with E-state index in [2.05, 4.69) is 34.1 Å². The van der Waals surface area contributed by atoms with Crippen LogP contribution >= 0.6 is 11.3 Å². The van der Waals surface area contributed by atoms with Gasteiger partial charge in [-0.2, -0.15) is 5.26 Å². The third-order valence-corrected chi connectivity index (χ3v) is 7.14.